The predicted molar refractivity (Wildman–Crippen MR) is 82.5 cm³/mol. The molecule has 0 spiro atoms. The number of rotatable bonds is 11. The molecule has 2 atom stereocenters. The number of hydrogen-bond donors (Lipinski definition) is 2. The summed E-state index contributed by atoms with van der Waals surface area (Å²) in [6.07, 6.45) is 6.51. The van der Waals surface area contributed by atoms with E-state index in [-0.39, 0.29) is 12.0 Å². The molecule has 118 valence electrons. The average Bonchev–Trinajstić information content (AvgIpc) is 2.42. The molecule has 2 unspecified atom stereocenters. The zero-order valence-corrected chi connectivity index (χ0v) is 13.5. The van der Waals surface area contributed by atoms with Gasteiger partial charge >= 0.3 is 5.97 Å². The highest BCUT2D eigenvalue weighted by Gasteiger charge is 2.31. The molecular weight excluding hydrogens is 254 g/mol. The number of allylic oxidation sites excluding steroid dienone is 2. The van der Waals surface area contributed by atoms with Crippen LogP contribution in [0.15, 0.2) is 12.2 Å². The molecule has 0 fully saturated rings. The Morgan fingerprint density at radius 1 is 1.15 bits per heavy atom. The lowest BCUT2D eigenvalue weighted by molar-refractivity contribution is -0.929. The first kappa shape index (κ1) is 19.1. The molecule has 0 amide bonds. The van der Waals surface area contributed by atoms with Gasteiger partial charge in [0.1, 0.15) is 18.6 Å². The Morgan fingerprint density at radius 2 is 1.75 bits per heavy atom. The van der Waals surface area contributed by atoms with Crippen molar-refractivity contribution in [2.45, 2.75) is 53.1 Å². The second kappa shape index (κ2) is 9.94. The van der Waals surface area contributed by atoms with E-state index in [1.165, 1.54) is 0 Å². The fourth-order valence-electron chi connectivity index (χ4n) is 2.59. The molecule has 0 rings (SSSR count). The second-order valence-corrected chi connectivity index (χ2v) is 5.69. The lowest BCUT2D eigenvalue weighted by Crippen LogP contribution is -2.54. The molecule has 0 aliphatic rings. The molecule has 0 aromatic rings. The van der Waals surface area contributed by atoms with Crippen LogP contribution in [0.5, 0.6) is 0 Å². The summed E-state index contributed by atoms with van der Waals surface area (Å²) in [5, 5.41) is 19.3. The Bertz CT molecular complexity index is 298. The largest absolute Gasteiger partial charge is 0.481 e. The number of carboxylic acids is 1. The van der Waals surface area contributed by atoms with Crippen LogP contribution in [0.2, 0.25) is 0 Å². The first-order valence-electron chi connectivity index (χ1n) is 7.81. The maximum atomic E-state index is 11.1. The van der Waals surface area contributed by atoms with Crippen LogP contribution in [0.4, 0.5) is 0 Å². The van der Waals surface area contributed by atoms with Gasteiger partial charge in [0, 0.05) is 0 Å². The van der Waals surface area contributed by atoms with E-state index in [1.807, 2.05) is 0 Å². The number of carbonyl (C=O) groups is 1. The number of aliphatic hydroxyl groups is 1. The number of aliphatic carboxylic acids is 1. The first-order chi connectivity index (χ1) is 9.40. The molecular formula is C16H32NO3+. The van der Waals surface area contributed by atoms with Crippen molar-refractivity contribution < 1.29 is 19.5 Å². The van der Waals surface area contributed by atoms with E-state index in [1.54, 1.807) is 6.92 Å². The van der Waals surface area contributed by atoms with Gasteiger partial charge in [-0.2, -0.15) is 0 Å². The Labute approximate surface area is 123 Å². The lowest BCUT2D eigenvalue weighted by Gasteiger charge is -2.39. The highest BCUT2D eigenvalue weighted by atomic mass is 16.4. The number of likely N-dealkylation sites (N-methyl/N-ethyl adjacent to an activating group) is 1. The molecule has 0 radical (unpaired) electrons. The predicted octanol–water partition coefficient (Wildman–Crippen LogP) is 2.67. The molecule has 0 aromatic carbocycles. The molecule has 0 aromatic heterocycles. The zero-order valence-electron chi connectivity index (χ0n) is 13.5. The molecule has 0 saturated carbocycles. The lowest BCUT2D eigenvalue weighted by atomic mass is 10.1. The molecule has 0 aliphatic heterocycles. The van der Waals surface area contributed by atoms with E-state index in [0.717, 1.165) is 32.4 Å². The second-order valence-electron chi connectivity index (χ2n) is 5.69. The number of carboxylic acid groups (broad SMARTS) is 1. The standard InChI is InChI=1S/C16H31NO3/c1-5-8-9-10-11-15(18)13-17(6-2,7-3)12-14(4)16(19)20/h8-9,14-15,18H,5-7,10-13H2,1-4H3/p+1/b9-8+. The van der Waals surface area contributed by atoms with E-state index >= 15 is 0 Å². The Hall–Kier alpha value is -0.870. The molecule has 0 aliphatic carbocycles. The van der Waals surface area contributed by atoms with Gasteiger partial charge in [-0.15, -0.1) is 0 Å². The topological polar surface area (TPSA) is 57.5 Å². The number of nitrogens with zero attached hydrogens (tertiary/aromatic N) is 1. The summed E-state index contributed by atoms with van der Waals surface area (Å²) in [4.78, 5) is 11.1. The first-order valence-corrected chi connectivity index (χ1v) is 7.81. The van der Waals surface area contributed by atoms with Crippen LogP contribution in [0.1, 0.15) is 47.0 Å². The van der Waals surface area contributed by atoms with Gasteiger partial charge in [0.25, 0.3) is 0 Å². The van der Waals surface area contributed by atoms with Gasteiger partial charge in [0.15, 0.2) is 0 Å². The summed E-state index contributed by atoms with van der Waals surface area (Å²) in [6.45, 7) is 10.9. The third-order valence-corrected chi connectivity index (χ3v) is 4.09. The van der Waals surface area contributed by atoms with Gasteiger partial charge in [0.2, 0.25) is 0 Å². The summed E-state index contributed by atoms with van der Waals surface area (Å²) in [5.74, 6) is -1.13. The van der Waals surface area contributed by atoms with Crippen molar-refractivity contribution in [2.75, 3.05) is 26.2 Å². The third kappa shape index (κ3) is 7.06. The Balaban J connectivity index is 4.50. The van der Waals surface area contributed by atoms with E-state index < -0.39 is 5.97 Å². The molecule has 4 nitrogen and oxygen atoms in total. The van der Waals surface area contributed by atoms with Crippen LogP contribution in [0.25, 0.3) is 0 Å². The summed E-state index contributed by atoms with van der Waals surface area (Å²) in [7, 11) is 0. The summed E-state index contributed by atoms with van der Waals surface area (Å²) < 4.78 is 0.673. The van der Waals surface area contributed by atoms with Crippen molar-refractivity contribution in [3.63, 3.8) is 0 Å². The Morgan fingerprint density at radius 3 is 2.20 bits per heavy atom. The minimum Gasteiger partial charge on any atom is -0.481 e. The molecule has 2 N–H and O–H groups in total. The van der Waals surface area contributed by atoms with Crippen molar-refractivity contribution >= 4 is 5.97 Å². The van der Waals surface area contributed by atoms with Crippen molar-refractivity contribution in [2.24, 2.45) is 5.92 Å². The quantitative estimate of drug-likeness (QED) is 0.453. The van der Waals surface area contributed by atoms with Crippen molar-refractivity contribution in [3.05, 3.63) is 12.2 Å². The van der Waals surface area contributed by atoms with E-state index in [9.17, 15) is 9.90 Å². The average molecular weight is 286 g/mol. The molecule has 0 saturated heterocycles. The number of quaternary nitrogens is 1. The van der Waals surface area contributed by atoms with Crippen LogP contribution < -0.4 is 0 Å². The maximum Gasteiger partial charge on any atom is 0.311 e. The van der Waals surface area contributed by atoms with Gasteiger partial charge in [-0.3, -0.25) is 4.79 Å². The highest BCUT2D eigenvalue weighted by molar-refractivity contribution is 5.69. The molecule has 0 heterocycles. The summed E-state index contributed by atoms with van der Waals surface area (Å²) in [5.41, 5.74) is 0. The van der Waals surface area contributed by atoms with Crippen LogP contribution in [0.3, 0.4) is 0 Å². The van der Waals surface area contributed by atoms with Crippen LogP contribution >= 0.6 is 0 Å². The van der Waals surface area contributed by atoms with E-state index in [4.69, 9.17) is 5.11 Å². The summed E-state index contributed by atoms with van der Waals surface area (Å²) >= 11 is 0. The Kier molecular flexibility index (Phi) is 9.51. The van der Waals surface area contributed by atoms with Gasteiger partial charge in [-0.1, -0.05) is 19.1 Å². The summed E-state index contributed by atoms with van der Waals surface area (Å²) in [6, 6.07) is 0. The fourth-order valence-corrected chi connectivity index (χ4v) is 2.59. The van der Waals surface area contributed by atoms with Gasteiger partial charge in [-0.05, 0) is 40.0 Å². The van der Waals surface area contributed by atoms with E-state index in [2.05, 4.69) is 32.9 Å². The zero-order chi connectivity index (χ0) is 15.6. The van der Waals surface area contributed by atoms with Crippen molar-refractivity contribution in [1.29, 1.82) is 0 Å². The third-order valence-electron chi connectivity index (χ3n) is 4.09. The van der Waals surface area contributed by atoms with Crippen LogP contribution in [0, 0.1) is 5.92 Å². The number of aliphatic hydroxyl groups excluding tert-OH is 1. The van der Waals surface area contributed by atoms with Crippen molar-refractivity contribution in [3.8, 4) is 0 Å². The van der Waals surface area contributed by atoms with Gasteiger partial charge < -0.3 is 14.7 Å². The smallest absolute Gasteiger partial charge is 0.311 e. The fraction of sp³-hybridized carbons (Fsp3) is 0.812. The minimum absolute atomic E-state index is 0.364. The van der Waals surface area contributed by atoms with Crippen LogP contribution in [-0.2, 0) is 4.79 Å². The SMILES string of the molecule is CC/C=C/CCC(O)C[N+](CC)(CC)CC(C)C(=O)O. The normalized spacial score (nSPS) is 15.4. The molecule has 20 heavy (non-hydrogen) atoms. The highest BCUT2D eigenvalue weighted by Crippen LogP contribution is 2.15. The molecule has 4 heteroatoms. The van der Waals surface area contributed by atoms with Gasteiger partial charge in [0.05, 0.1) is 19.6 Å². The maximum absolute atomic E-state index is 11.1. The minimum atomic E-state index is -0.755. The molecule has 0 bridgehead atoms. The van der Waals surface area contributed by atoms with Gasteiger partial charge in [-0.25, -0.2) is 0 Å². The van der Waals surface area contributed by atoms with Crippen molar-refractivity contribution in [1.82, 2.24) is 0 Å². The van der Waals surface area contributed by atoms with Crippen LogP contribution in [-0.4, -0.2) is 52.9 Å². The number of hydrogen-bond acceptors (Lipinski definition) is 2. The monoisotopic (exact) mass is 286 g/mol. The van der Waals surface area contributed by atoms with E-state index in [0.29, 0.717) is 17.6 Å².